The molecule has 4 rings (SSSR count). The Hall–Kier alpha value is -4.06. The molecule has 1 fully saturated rings. The van der Waals surface area contributed by atoms with Crippen LogP contribution in [0.1, 0.15) is 28.4 Å². The Bertz CT molecular complexity index is 1420. The Morgan fingerprint density at radius 3 is 2.45 bits per heavy atom. The Kier molecular flexibility index (Phi) is 8.67. The molecule has 8 nitrogen and oxygen atoms in total. The molecule has 2 aromatic carbocycles. The van der Waals surface area contributed by atoms with Crippen molar-refractivity contribution in [1.29, 1.82) is 0 Å². The van der Waals surface area contributed by atoms with Gasteiger partial charge in [-0.05, 0) is 48.5 Å². The molecule has 3 aromatic rings. The van der Waals surface area contributed by atoms with Crippen LogP contribution in [0, 0.1) is 5.82 Å². The van der Waals surface area contributed by atoms with Crippen LogP contribution >= 0.6 is 11.6 Å². The summed E-state index contributed by atoms with van der Waals surface area (Å²) >= 11 is 5.85. The highest BCUT2D eigenvalue weighted by molar-refractivity contribution is 6.31. The molecule has 2 unspecified atom stereocenters. The van der Waals surface area contributed by atoms with Gasteiger partial charge in [-0.25, -0.2) is 9.37 Å². The van der Waals surface area contributed by atoms with E-state index in [2.05, 4.69) is 15.6 Å². The number of nitrogens with one attached hydrogen (secondary N) is 2. The van der Waals surface area contributed by atoms with Crippen molar-refractivity contribution >= 4 is 23.4 Å². The van der Waals surface area contributed by atoms with E-state index in [0.29, 0.717) is 13.0 Å². The molecule has 1 aromatic heterocycles. The van der Waals surface area contributed by atoms with Crippen molar-refractivity contribution < 1.29 is 41.4 Å². The fourth-order valence-corrected chi connectivity index (χ4v) is 4.28. The van der Waals surface area contributed by atoms with Crippen LogP contribution in [0.2, 0.25) is 5.02 Å². The lowest BCUT2D eigenvalue weighted by Gasteiger charge is -2.22. The molecule has 1 saturated heterocycles. The number of benzene rings is 2. The molecule has 1 aliphatic heterocycles. The summed E-state index contributed by atoms with van der Waals surface area (Å²) in [5, 5.41) is 4.71. The predicted octanol–water partition coefficient (Wildman–Crippen LogP) is 4.90. The van der Waals surface area contributed by atoms with E-state index in [9.17, 15) is 27.2 Å². The molecule has 2 atom stereocenters. The van der Waals surface area contributed by atoms with Crippen LogP contribution in [0.25, 0.3) is 11.3 Å². The molecule has 13 heteroatoms. The first-order valence-corrected chi connectivity index (χ1v) is 12.4. The molecule has 2 amide bonds. The van der Waals surface area contributed by atoms with Crippen LogP contribution in [0.3, 0.4) is 0 Å². The zero-order chi connectivity index (χ0) is 29.0. The van der Waals surface area contributed by atoms with Gasteiger partial charge >= 0.3 is 6.18 Å². The summed E-state index contributed by atoms with van der Waals surface area (Å²) in [6, 6.07) is 10.1. The molecule has 1 aliphatic rings. The van der Waals surface area contributed by atoms with E-state index in [1.54, 1.807) is 0 Å². The zero-order valence-corrected chi connectivity index (χ0v) is 22.0. The number of hydrogen-bond donors (Lipinski definition) is 2. The summed E-state index contributed by atoms with van der Waals surface area (Å²) in [6.45, 7) is -0.358. The average Bonchev–Trinajstić information content (AvgIpc) is 3.33. The maximum Gasteiger partial charge on any atom is 0.398 e. The molecule has 0 bridgehead atoms. The fourth-order valence-electron chi connectivity index (χ4n) is 4.10. The van der Waals surface area contributed by atoms with Crippen molar-refractivity contribution in [2.24, 2.45) is 0 Å². The van der Waals surface area contributed by atoms with Crippen molar-refractivity contribution in [2.75, 3.05) is 27.3 Å². The number of hydrogen-bond acceptors (Lipinski definition) is 6. The van der Waals surface area contributed by atoms with Crippen molar-refractivity contribution in [1.82, 2.24) is 15.6 Å². The van der Waals surface area contributed by atoms with Gasteiger partial charge in [-0.2, -0.15) is 13.2 Å². The topological polar surface area (TPSA) is 98.8 Å². The summed E-state index contributed by atoms with van der Waals surface area (Å²) in [6.07, 6.45) is -5.03. The van der Waals surface area contributed by atoms with Gasteiger partial charge in [-0.15, -0.1) is 0 Å². The maximum atomic E-state index is 14.1. The van der Waals surface area contributed by atoms with E-state index in [0.717, 1.165) is 12.1 Å². The molecule has 0 spiro atoms. The highest BCUT2D eigenvalue weighted by Crippen LogP contribution is 2.38. The predicted molar refractivity (Wildman–Crippen MR) is 137 cm³/mol. The first-order chi connectivity index (χ1) is 19.0. The van der Waals surface area contributed by atoms with Crippen molar-refractivity contribution in [3.05, 3.63) is 70.6 Å². The number of halogens is 5. The third-order valence-electron chi connectivity index (χ3n) is 6.20. The van der Waals surface area contributed by atoms with E-state index < -0.39 is 36.5 Å². The van der Waals surface area contributed by atoms with Gasteiger partial charge in [0.2, 0.25) is 0 Å². The van der Waals surface area contributed by atoms with Crippen LogP contribution in [0.4, 0.5) is 17.6 Å². The second-order valence-corrected chi connectivity index (χ2v) is 9.18. The normalized spacial score (nSPS) is 15.8. The van der Waals surface area contributed by atoms with Crippen molar-refractivity contribution in [3.63, 3.8) is 0 Å². The third-order valence-corrected chi connectivity index (χ3v) is 6.49. The zero-order valence-electron chi connectivity index (χ0n) is 21.3. The van der Waals surface area contributed by atoms with Gasteiger partial charge in [0.15, 0.2) is 17.6 Å². The molecule has 212 valence electrons. The monoisotopic (exact) mass is 581 g/mol. The third kappa shape index (κ3) is 6.39. The van der Waals surface area contributed by atoms with Gasteiger partial charge in [0, 0.05) is 30.6 Å². The minimum absolute atomic E-state index is 0.0188. The molecule has 40 heavy (non-hydrogen) atoms. The fraction of sp³-hybridized carbons (Fsp3) is 0.296. The Balaban J connectivity index is 1.55. The number of nitrogens with zero attached hydrogens (tertiary/aromatic N) is 1. The van der Waals surface area contributed by atoms with E-state index in [1.165, 1.54) is 50.6 Å². The summed E-state index contributed by atoms with van der Waals surface area (Å²) in [5.41, 5.74) is -0.0937. The Labute approximate surface area is 231 Å². The van der Waals surface area contributed by atoms with E-state index in [1.807, 2.05) is 0 Å². The number of ether oxygens (including phenoxy) is 3. The lowest BCUT2D eigenvalue weighted by Crippen LogP contribution is -2.35. The van der Waals surface area contributed by atoms with Crippen LogP contribution in [-0.2, 0) is 4.79 Å². The van der Waals surface area contributed by atoms with E-state index in [4.69, 9.17) is 25.8 Å². The Morgan fingerprint density at radius 1 is 1.10 bits per heavy atom. The summed E-state index contributed by atoms with van der Waals surface area (Å²) in [7, 11) is 2.65. The number of alkyl halides is 3. The summed E-state index contributed by atoms with van der Waals surface area (Å²) in [5.74, 6) is -3.44. The Morgan fingerprint density at radius 2 is 1.82 bits per heavy atom. The van der Waals surface area contributed by atoms with Crippen LogP contribution < -0.4 is 24.8 Å². The maximum absolute atomic E-state index is 14.1. The van der Waals surface area contributed by atoms with Crippen molar-refractivity contribution in [2.45, 2.75) is 24.6 Å². The van der Waals surface area contributed by atoms with E-state index in [-0.39, 0.29) is 50.7 Å². The van der Waals surface area contributed by atoms with Gasteiger partial charge in [0.1, 0.15) is 23.2 Å². The minimum atomic E-state index is -4.77. The molecule has 2 heterocycles. The number of amides is 2. The van der Waals surface area contributed by atoms with Gasteiger partial charge in [-0.1, -0.05) is 11.6 Å². The molecule has 2 N–H and O–H groups in total. The quantitative estimate of drug-likeness (QED) is 0.349. The summed E-state index contributed by atoms with van der Waals surface area (Å²) in [4.78, 5) is 28.8. The van der Waals surface area contributed by atoms with Gasteiger partial charge < -0.3 is 24.8 Å². The standard InChI is InChI=1S/C27H24ClF4N3O5/c1-38-21-8-6-19(35-24(21)14-3-5-18(29)17(28)11-14)16(27(30,31)32)13-34-25(36)15-4-7-20(23(12-15)39-2)40-22-9-10-33-26(22)37/h3-8,11-12,16,22H,9-10,13H2,1-2H3,(H,33,37)(H,34,36). The van der Waals surface area contributed by atoms with Gasteiger partial charge in [-0.3, -0.25) is 9.59 Å². The molecule has 0 saturated carbocycles. The largest absolute Gasteiger partial charge is 0.494 e. The molecular weight excluding hydrogens is 558 g/mol. The highest BCUT2D eigenvalue weighted by Gasteiger charge is 2.42. The smallest absolute Gasteiger partial charge is 0.398 e. The van der Waals surface area contributed by atoms with Crippen molar-refractivity contribution in [3.8, 4) is 28.5 Å². The van der Waals surface area contributed by atoms with Crippen LogP contribution in [0.5, 0.6) is 17.2 Å². The molecule has 0 radical (unpaired) electrons. The second kappa shape index (κ2) is 12.0. The SMILES string of the molecule is COc1cc(C(=O)NCC(c2ccc(OC)c(-c3ccc(F)c(Cl)c3)n2)C(F)(F)F)ccc1OC1CCNC1=O. The number of carbonyl (C=O) groups excluding carboxylic acids is 2. The number of rotatable bonds is 9. The number of pyridine rings is 1. The first kappa shape index (κ1) is 28.9. The number of carbonyl (C=O) groups is 2. The van der Waals surface area contributed by atoms with Gasteiger partial charge in [0.25, 0.3) is 11.8 Å². The number of aromatic nitrogens is 1. The first-order valence-electron chi connectivity index (χ1n) is 12.0. The highest BCUT2D eigenvalue weighted by atomic mass is 35.5. The molecular formula is C27H24ClF4N3O5. The van der Waals surface area contributed by atoms with Gasteiger partial charge in [0.05, 0.1) is 24.9 Å². The van der Waals surface area contributed by atoms with Crippen LogP contribution in [-0.4, -0.2) is 56.4 Å². The molecule has 0 aliphatic carbocycles. The minimum Gasteiger partial charge on any atom is -0.494 e. The number of methoxy groups -OCH3 is 2. The lowest BCUT2D eigenvalue weighted by molar-refractivity contribution is -0.149. The van der Waals surface area contributed by atoms with E-state index >= 15 is 0 Å². The van der Waals surface area contributed by atoms with Crippen LogP contribution in [0.15, 0.2) is 48.5 Å². The summed E-state index contributed by atoms with van der Waals surface area (Å²) < 4.78 is 72.2. The second-order valence-electron chi connectivity index (χ2n) is 8.77. The average molecular weight is 582 g/mol. The lowest BCUT2D eigenvalue weighted by atomic mass is 10.0.